The molecule has 0 saturated heterocycles. The highest BCUT2D eigenvalue weighted by atomic mass is 32.1. The second-order valence-electron chi connectivity index (χ2n) is 4.34. The molecule has 1 N–H and O–H groups in total. The van der Waals surface area contributed by atoms with E-state index >= 15 is 0 Å². The van der Waals surface area contributed by atoms with E-state index in [1.54, 1.807) is 0 Å². The van der Waals surface area contributed by atoms with Crippen LogP contribution in [0.25, 0.3) is 0 Å². The van der Waals surface area contributed by atoms with Gasteiger partial charge in [-0.2, -0.15) is 5.10 Å². The number of aryl methyl sites for hydroxylation is 1. The maximum atomic E-state index is 12.0. The van der Waals surface area contributed by atoms with Crippen molar-refractivity contribution in [1.29, 1.82) is 0 Å². The SMILES string of the molecule is COCCn1nc(C(=O)NCc2nc(C)cs2)ccc1=O. The maximum absolute atomic E-state index is 12.0. The molecule has 0 saturated carbocycles. The molecule has 1 amide bonds. The van der Waals surface area contributed by atoms with Crippen molar-refractivity contribution in [3.05, 3.63) is 44.3 Å². The molecule has 0 fully saturated rings. The Hall–Kier alpha value is -2.06. The molecule has 112 valence electrons. The predicted molar refractivity (Wildman–Crippen MR) is 78.4 cm³/mol. The lowest BCUT2D eigenvalue weighted by molar-refractivity contribution is 0.0942. The zero-order valence-corrected chi connectivity index (χ0v) is 12.6. The third-order valence-electron chi connectivity index (χ3n) is 2.67. The van der Waals surface area contributed by atoms with E-state index in [9.17, 15) is 9.59 Å². The van der Waals surface area contributed by atoms with Crippen LogP contribution in [-0.4, -0.2) is 34.4 Å². The molecular weight excluding hydrogens is 292 g/mol. The molecule has 0 unspecified atom stereocenters. The fraction of sp³-hybridized carbons (Fsp3) is 0.385. The molecule has 7 nitrogen and oxygen atoms in total. The maximum Gasteiger partial charge on any atom is 0.272 e. The van der Waals surface area contributed by atoms with Crippen LogP contribution in [0.5, 0.6) is 0 Å². The molecule has 0 aliphatic carbocycles. The zero-order valence-electron chi connectivity index (χ0n) is 11.8. The molecule has 0 aliphatic heterocycles. The van der Waals surface area contributed by atoms with Gasteiger partial charge in [-0.15, -0.1) is 11.3 Å². The van der Waals surface area contributed by atoms with Crippen LogP contribution in [0.1, 0.15) is 21.2 Å². The van der Waals surface area contributed by atoms with E-state index in [1.165, 1.54) is 35.3 Å². The number of amides is 1. The first-order valence-electron chi connectivity index (χ1n) is 6.36. The number of nitrogens with zero attached hydrogens (tertiary/aromatic N) is 3. The topological polar surface area (TPSA) is 86.1 Å². The van der Waals surface area contributed by atoms with Gasteiger partial charge in [0.05, 0.1) is 19.7 Å². The van der Waals surface area contributed by atoms with E-state index in [4.69, 9.17) is 4.74 Å². The molecule has 2 rings (SSSR count). The molecule has 0 aliphatic rings. The third-order valence-corrected chi connectivity index (χ3v) is 3.64. The Balaban J connectivity index is 2.03. The van der Waals surface area contributed by atoms with Gasteiger partial charge in [0.2, 0.25) is 0 Å². The molecule has 2 aromatic rings. The van der Waals surface area contributed by atoms with Gasteiger partial charge >= 0.3 is 0 Å². The minimum absolute atomic E-state index is 0.194. The lowest BCUT2D eigenvalue weighted by atomic mass is 10.3. The van der Waals surface area contributed by atoms with E-state index < -0.39 is 0 Å². The first-order valence-corrected chi connectivity index (χ1v) is 7.24. The summed E-state index contributed by atoms with van der Waals surface area (Å²) in [4.78, 5) is 27.9. The van der Waals surface area contributed by atoms with Gasteiger partial charge in [-0.3, -0.25) is 9.59 Å². The number of hydrogen-bond donors (Lipinski definition) is 1. The summed E-state index contributed by atoms with van der Waals surface area (Å²) in [7, 11) is 1.54. The van der Waals surface area contributed by atoms with E-state index in [-0.39, 0.29) is 17.2 Å². The Bertz CT molecular complexity index is 680. The lowest BCUT2D eigenvalue weighted by Crippen LogP contribution is -2.30. The highest BCUT2D eigenvalue weighted by molar-refractivity contribution is 7.09. The van der Waals surface area contributed by atoms with Gasteiger partial charge < -0.3 is 10.1 Å². The highest BCUT2D eigenvalue weighted by Gasteiger charge is 2.10. The van der Waals surface area contributed by atoms with Crippen molar-refractivity contribution in [3.8, 4) is 0 Å². The van der Waals surface area contributed by atoms with Crippen LogP contribution >= 0.6 is 11.3 Å². The summed E-state index contributed by atoms with van der Waals surface area (Å²) < 4.78 is 6.12. The predicted octanol–water partition coefficient (Wildman–Crippen LogP) is 0.585. The second kappa shape index (κ2) is 7.09. The highest BCUT2D eigenvalue weighted by Crippen LogP contribution is 2.08. The van der Waals surface area contributed by atoms with Crippen molar-refractivity contribution >= 4 is 17.2 Å². The van der Waals surface area contributed by atoms with Gasteiger partial charge in [-0.1, -0.05) is 0 Å². The van der Waals surface area contributed by atoms with Crippen LogP contribution in [0, 0.1) is 6.92 Å². The Morgan fingerprint density at radius 2 is 2.29 bits per heavy atom. The summed E-state index contributed by atoms with van der Waals surface area (Å²) in [5.74, 6) is -0.339. The third kappa shape index (κ3) is 4.20. The molecule has 0 atom stereocenters. The number of aromatic nitrogens is 3. The monoisotopic (exact) mass is 308 g/mol. The van der Waals surface area contributed by atoms with Crippen molar-refractivity contribution in [2.45, 2.75) is 20.0 Å². The van der Waals surface area contributed by atoms with Crippen LogP contribution in [0.4, 0.5) is 0 Å². The summed E-state index contributed by atoms with van der Waals surface area (Å²) >= 11 is 1.49. The number of rotatable bonds is 6. The first kappa shape index (κ1) is 15.3. The van der Waals surface area contributed by atoms with Gasteiger partial charge in [0, 0.05) is 24.3 Å². The normalized spacial score (nSPS) is 10.6. The van der Waals surface area contributed by atoms with Crippen molar-refractivity contribution in [2.75, 3.05) is 13.7 Å². The molecular formula is C13H16N4O3S. The average Bonchev–Trinajstić information content (AvgIpc) is 2.89. The number of carbonyl (C=O) groups is 1. The van der Waals surface area contributed by atoms with E-state index in [0.29, 0.717) is 19.7 Å². The molecule has 2 aromatic heterocycles. The minimum atomic E-state index is -0.339. The second-order valence-corrected chi connectivity index (χ2v) is 5.28. The zero-order chi connectivity index (χ0) is 15.2. The number of carbonyl (C=O) groups excluding carboxylic acids is 1. The number of nitrogens with one attached hydrogen (secondary N) is 1. The molecule has 0 spiro atoms. The van der Waals surface area contributed by atoms with Crippen molar-refractivity contribution in [2.24, 2.45) is 0 Å². The molecule has 8 heteroatoms. The summed E-state index contributed by atoms with van der Waals surface area (Å²) in [6.45, 7) is 2.91. The number of thiazole rings is 1. The molecule has 2 heterocycles. The summed E-state index contributed by atoms with van der Waals surface area (Å²) in [5.41, 5.74) is 0.855. The standard InChI is InChI=1S/C13H16N4O3S/c1-9-8-21-11(15-9)7-14-13(19)10-3-4-12(18)17(16-10)5-6-20-2/h3-4,8H,5-7H2,1-2H3,(H,14,19). The lowest BCUT2D eigenvalue weighted by Gasteiger charge is -2.06. The Kier molecular flexibility index (Phi) is 5.18. The Morgan fingerprint density at radius 3 is 2.95 bits per heavy atom. The summed E-state index contributed by atoms with van der Waals surface area (Å²) in [6.07, 6.45) is 0. The average molecular weight is 308 g/mol. The molecule has 0 radical (unpaired) electrons. The smallest absolute Gasteiger partial charge is 0.272 e. The largest absolute Gasteiger partial charge is 0.383 e. The van der Waals surface area contributed by atoms with E-state index in [2.05, 4.69) is 15.4 Å². The van der Waals surface area contributed by atoms with E-state index in [1.807, 2.05) is 12.3 Å². The van der Waals surface area contributed by atoms with Crippen LogP contribution in [0.15, 0.2) is 22.3 Å². The van der Waals surface area contributed by atoms with Gasteiger partial charge in [0.1, 0.15) is 10.7 Å². The Labute approximate surface area is 125 Å². The van der Waals surface area contributed by atoms with Gasteiger partial charge in [-0.25, -0.2) is 9.67 Å². The number of hydrogen-bond acceptors (Lipinski definition) is 6. The summed E-state index contributed by atoms with van der Waals surface area (Å²) in [6, 6.07) is 2.74. The fourth-order valence-electron chi connectivity index (χ4n) is 1.64. The van der Waals surface area contributed by atoms with Crippen molar-refractivity contribution in [3.63, 3.8) is 0 Å². The quantitative estimate of drug-likeness (QED) is 0.844. The van der Waals surface area contributed by atoms with Crippen molar-refractivity contribution < 1.29 is 9.53 Å². The molecule has 0 bridgehead atoms. The minimum Gasteiger partial charge on any atom is -0.383 e. The van der Waals surface area contributed by atoms with E-state index in [0.717, 1.165) is 10.7 Å². The van der Waals surface area contributed by atoms with Crippen LogP contribution in [-0.2, 0) is 17.8 Å². The molecule has 21 heavy (non-hydrogen) atoms. The van der Waals surface area contributed by atoms with Gasteiger partial charge in [-0.05, 0) is 13.0 Å². The fourth-order valence-corrected chi connectivity index (χ4v) is 2.35. The van der Waals surface area contributed by atoms with Gasteiger partial charge in [0.15, 0.2) is 0 Å². The summed E-state index contributed by atoms with van der Waals surface area (Å²) in [5, 5.41) is 9.50. The van der Waals surface area contributed by atoms with Crippen LogP contribution in [0.2, 0.25) is 0 Å². The molecule has 0 aromatic carbocycles. The Morgan fingerprint density at radius 1 is 1.48 bits per heavy atom. The first-order chi connectivity index (χ1) is 10.1. The van der Waals surface area contributed by atoms with Crippen LogP contribution < -0.4 is 10.9 Å². The van der Waals surface area contributed by atoms with Gasteiger partial charge in [0.25, 0.3) is 11.5 Å². The number of methoxy groups -OCH3 is 1. The van der Waals surface area contributed by atoms with Crippen LogP contribution in [0.3, 0.4) is 0 Å². The number of ether oxygens (including phenoxy) is 1. The van der Waals surface area contributed by atoms with Crippen molar-refractivity contribution in [1.82, 2.24) is 20.1 Å².